The van der Waals surface area contributed by atoms with Gasteiger partial charge in [-0.25, -0.2) is 0 Å². The van der Waals surface area contributed by atoms with Crippen LogP contribution in [0.15, 0.2) is 18.2 Å². The summed E-state index contributed by atoms with van der Waals surface area (Å²) in [4.78, 5) is 0. The van der Waals surface area contributed by atoms with Crippen LogP contribution in [0.1, 0.15) is 50.7 Å². The first-order chi connectivity index (χ1) is 7.60. The number of hydrogen-bond donors (Lipinski definition) is 1. The van der Waals surface area contributed by atoms with E-state index < -0.39 is 0 Å². The molecule has 0 amide bonds. The monoisotopic (exact) mass is 222 g/mol. The Morgan fingerprint density at radius 2 is 1.94 bits per heavy atom. The molecule has 0 radical (unpaired) electrons. The van der Waals surface area contributed by atoms with Gasteiger partial charge in [-0.05, 0) is 30.0 Å². The van der Waals surface area contributed by atoms with E-state index in [4.69, 9.17) is 9.84 Å². The third-order valence-electron chi connectivity index (χ3n) is 2.80. The molecule has 90 valence electrons. The van der Waals surface area contributed by atoms with E-state index >= 15 is 0 Å². The first kappa shape index (κ1) is 13.0. The van der Waals surface area contributed by atoms with Gasteiger partial charge in [-0.3, -0.25) is 0 Å². The molecule has 0 bridgehead atoms. The molecule has 0 heterocycles. The maximum absolute atomic E-state index is 9.15. The Morgan fingerprint density at radius 3 is 2.44 bits per heavy atom. The first-order valence-electron chi connectivity index (χ1n) is 5.97. The lowest BCUT2D eigenvalue weighted by Crippen LogP contribution is -2.03. The normalized spacial score (nSPS) is 12.9. The van der Waals surface area contributed by atoms with Gasteiger partial charge in [0.25, 0.3) is 0 Å². The van der Waals surface area contributed by atoms with Crippen molar-refractivity contribution in [1.82, 2.24) is 0 Å². The van der Waals surface area contributed by atoms with Crippen molar-refractivity contribution in [3.8, 4) is 5.75 Å². The van der Waals surface area contributed by atoms with Crippen LogP contribution in [0.3, 0.4) is 0 Å². The molecule has 0 fully saturated rings. The van der Waals surface area contributed by atoms with Crippen LogP contribution in [0.25, 0.3) is 0 Å². The van der Waals surface area contributed by atoms with Crippen LogP contribution in [-0.4, -0.2) is 18.3 Å². The minimum absolute atomic E-state index is 0.167. The SMILES string of the molecule is CCOc1cc(C(C)CO)ccc1C(C)C. The molecule has 1 rings (SSSR count). The maximum Gasteiger partial charge on any atom is 0.123 e. The van der Waals surface area contributed by atoms with Gasteiger partial charge >= 0.3 is 0 Å². The molecule has 1 N–H and O–H groups in total. The number of rotatable bonds is 5. The minimum atomic E-state index is 0.167. The van der Waals surface area contributed by atoms with Crippen molar-refractivity contribution in [1.29, 1.82) is 0 Å². The highest BCUT2D eigenvalue weighted by molar-refractivity contribution is 5.40. The van der Waals surface area contributed by atoms with E-state index in [1.807, 2.05) is 13.8 Å². The zero-order valence-electron chi connectivity index (χ0n) is 10.7. The molecule has 0 aliphatic rings. The summed E-state index contributed by atoms with van der Waals surface area (Å²) >= 11 is 0. The second kappa shape index (κ2) is 5.90. The smallest absolute Gasteiger partial charge is 0.123 e. The molecule has 0 aliphatic heterocycles. The molecule has 2 heteroatoms. The maximum atomic E-state index is 9.15. The molecule has 0 saturated heterocycles. The minimum Gasteiger partial charge on any atom is -0.494 e. The van der Waals surface area contributed by atoms with Crippen LogP contribution < -0.4 is 4.74 Å². The summed E-state index contributed by atoms with van der Waals surface area (Å²) in [5, 5.41) is 9.15. The molecule has 1 atom stereocenters. The molecule has 1 aromatic rings. The average molecular weight is 222 g/mol. The third-order valence-corrected chi connectivity index (χ3v) is 2.80. The molecule has 1 aromatic carbocycles. The summed E-state index contributed by atoms with van der Waals surface area (Å²) in [5.74, 6) is 1.58. The van der Waals surface area contributed by atoms with Gasteiger partial charge in [0.15, 0.2) is 0 Å². The standard InChI is InChI=1S/C14H22O2/c1-5-16-14-8-12(11(4)9-15)6-7-13(14)10(2)3/h6-8,10-11,15H,5,9H2,1-4H3. The number of ether oxygens (including phenoxy) is 1. The van der Waals surface area contributed by atoms with Gasteiger partial charge in [-0.15, -0.1) is 0 Å². The summed E-state index contributed by atoms with van der Waals surface area (Å²) in [5.41, 5.74) is 2.37. The molecule has 1 unspecified atom stereocenters. The summed E-state index contributed by atoms with van der Waals surface area (Å²) in [6.07, 6.45) is 0. The molecule has 16 heavy (non-hydrogen) atoms. The van der Waals surface area contributed by atoms with E-state index in [0.717, 1.165) is 11.3 Å². The number of benzene rings is 1. The van der Waals surface area contributed by atoms with Gasteiger partial charge in [0.1, 0.15) is 5.75 Å². The second-order valence-corrected chi connectivity index (χ2v) is 4.47. The number of aliphatic hydroxyl groups excluding tert-OH is 1. The van der Waals surface area contributed by atoms with Crippen LogP contribution in [0, 0.1) is 0 Å². The van der Waals surface area contributed by atoms with Crippen molar-refractivity contribution in [2.75, 3.05) is 13.2 Å². The van der Waals surface area contributed by atoms with Gasteiger partial charge in [-0.1, -0.05) is 32.9 Å². The van der Waals surface area contributed by atoms with E-state index in [1.165, 1.54) is 5.56 Å². The van der Waals surface area contributed by atoms with Crippen molar-refractivity contribution in [2.45, 2.75) is 39.5 Å². The summed E-state index contributed by atoms with van der Waals surface area (Å²) in [7, 11) is 0. The largest absolute Gasteiger partial charge is 0.494 e. The molecule has 2 nitrogen and oxygen atoms in total. The fraction of sp³-hybridized carbons (Fsp3) is 0.571. The van der Waals surface area contributed by atoms with Crippen molar-refractivity contribution in [3.63, 3.8) is 0 Å². The molecule has 0 aliphatic carbocycles. The Balaban J connectivity index is 3.06. The van der Waals surface area contributed by atoms with Crippen LogP contribution in [0.2, 0.25) is 0 Å². The van der Waals surface area contributed by atoms with Gasteiger partial charge in [-0.2, -0.15) is 0 Å². The van der Waals surface area contributed by atoms with Crippen molar-refractivity contribution >= 4 is 0 Å². The lowest BCUT2D eigenvalue weighted by molar-refractivity contribution is 0.272. The first-order valence-corrected chi connectivity index (χ1v) is 5.97. The van der Waals surface area contributed by atoms with Gasteiger partial charge in [0.05, 0.1) is 6.61 Å². The van der Waals surface area contributed by atoms with E-state index in [0.29, 0.717) is 12.5 Å². The fourth-order valence-corrected chi connectivity index (χ4v) is 1.72. The quantitative estimate of drug-likeness (QED) is 0.828. The highest BCUT2D eigenvalue weighted by Gasteiger charge is 2.11. The predicted molar refractivity (Wildman–Crippen MR) is 67.2 cm³/mol. The van der Waals surface area contributed by atoms with Crippen LogP contribution in [0.5, 0.6) is 5.75 Å². The lowest BCUT2D eigenvalue weighted by Gasteiger charge is -2.16. The second-order valence-electron chi connectivity index (χ2n) is 4.47. The van der Waals surface area contributed by atoms with Crippen LogP contribution in [-0.2, 0) is 0 Å². The summed E-state index contributed by atoms with van der Waals surface area (Å²) < 4.78 is 5.65. The Labute approximate surface area is 98.3 Å². The van der Waals surface area contributed by atoms with Gasteiger partial charge in [0.2, 0.25) is 0 Å². The molecule has 0 spiro atoms. The topological polar surface area (TPSA) is 29.5 Å². The zero-order chi connectivity index (χ0) is 12.1. The molecular formula is C14H22O2. The summed E-state index contributed by atoms with van der Waals surface area (Å²) in [6, 6.07) is 6.25. The third kappa shape index (κ3) is 2.99. The fourth-order valence-electron chi connectivity index (χ4n) is 1.72. The Hall–Kier alpha value is -1.02. The Morgan fingerprint density at radius 1 is 1.25 bits per heavy atom. The number of hydrogen-bond acceptors (Lipinski definition) is 2. The highest BCUT2D eigenvalue weighted by atomic mass is 16.5. The van der Waals surface area contributed by atoms with E-state index in [1.54, 1.807) is 0 Å². The zero-order valence-corrected chi connectivity index (χ0v) is 10.7. The Kier molecular flexibility index (Phi) is 4.81. The van der Waals surface area contributed by atoms with Gasteiger partial charge < -0.3 is 9.84 Å². The van der Waals surface area contributed by atoms with Crippen LogP contribution >= 0.6 is 0 Å². The molecular weight excluding hydrogens is 200 g/mol. The number of aliphatic hydroxyl groups is 1. The van der Waals surface area contributed by atoms with E-state index in [2.05, 4.69) is 32.0 Å². The summed E-state index contributed by atoms with van der Waals surface area (Å²) in [6.45, 7) is 9.18. The van der Waals surface area contributed by atoms with Crippen molar-refractivity contribution < 1.29 is 9.84 Å². The average Bonchev–Trinajstić information content (AvgIpc) is 2.28. The lowest BCUT2D eigenvalue weighted by atomic mass is 9.95. The van der Waals surface area contributed by atoms with Crippen molar-refractivity contribution in [3.05, 3.63) is 29.3 Å². The Bertz CT molecular complexity index is 332. The van der Waals surface area contributed by atoms with E-state index in [-0.39, 0.29) is 12.5 Å². The highest BCUT2D eigenvalue weighted by Crippen LogP contribution is 2.30. The van der Waals surface area contributed by atoms with Crippen LogP contribution in [0.4, 0.5) is 0 Å². The molecule has 0 saturated carbocycles. The van der Waals surface area contributed by atoms with Crippen molar-refractivity contribution in [2.24, 2.45) is 0 Å². The predicted octanol–water partition coefficient (Wildman–Crippen LogP) is 3.30. The van der Waals surface area contributed by atoms with Gasteiger partial charge in [0, 0.05) is 12.5 Å². The molecule has 0 aromatic heterocycles. The van der Waals surface area contributed by atoms with E-state index in [9.17, 15) is 0 Å².